The highest BCUT2D eigenvalue weighted by Crippen LogP contribution is 2.62. The van der Waals surface area contributed by atoms with Gasteiger partial charge in [0.25, 0.3) is 5.91 Å². The van der Waals surface area contributed by atoms with Crippen LogP contribution in [-0.2, 0) is 9.57 Å². The second-order valence-electron chi connectivity index (χ2n) is 14.8. The van der Waals surface area contributed by atoms with Gasteiger partial charge in [-0.1, -0.05) is 37.1 Å². The molecule has 0 spiro atoms. The molecule has 0 bridgehead atoms. The Balaban J connectivity index is 1.54. The summed E-state index contributed by atoms with van der Waals surface area (Å²) in [5, 5.41) is 33.8. The van der Waals surface area contributed by atoms with Gasteiger partial charge in [-0.2, -0.15) is 5.26 Å². The molecule has 2 aliphatic carbocycles. The van der Waals surface area contributed by atoms with Crippen molar-refractivity contribution in [3.8, 4) is 17.6 Å². The standard InChI is InChI=1S/C43H56N4O7/c1-4-18-47(42(50)31-14-12-30(29-44)13-15-31)39-28-37(45-51-3)35-26-32(10-6-8-22-48)34(11-7-9-23-49)40-36-27-33(52-25-21-46-19-20-46)16-17-38(36)54-43(39,41(35)40)53-24-5-2/h5,12-17,26-27,32,34,39-41,48-49H,2,4,6-11,18-25,28H2,1,3H3/t32-,34+,39-,40+,41+,43+/m0/s1. The number of nitriles is 1. The molecule has 2 heterocycles. The third-order valence-corrected chi connectivity index (χ3v) is 11.4. The highest BCUT2D eigenvalue weighted by molar-refractivity contribution is 6.03. The number of aliphatic hydroxyl groups is 2. The number of aliphatic hydroxyl groups excluding tert-OH is 2. The van der Waals surface area contributed by atoms with E-state index >= 15 is 0 Å². The molecule has 4 aliphatic rings. The fourth-order valence-corrected chi connectivity index (χ4v) is 8.93. The Kier molecular flexibility index (Phi) is 13.5. The fraction of sp³-hybridized carbons (Fsp3) is 0.558. The Morgan fingerprint density at radius 1 is 1.13 bits per heavy atom. The van der Waals surface area contributed by atoms with Gasteiger partial charge in [0.05, 0.1) is 29.9 Å². The van der Waals surface area contributed by atoms with Crippen molar-refractivity contribution in [3.05, 3.63) is 83.5 Å². The number of carbonyl (C=O) groups excluding carboxylic acids is 1. The van der Waals surface area contributed by atoms with E-state index in [0.29, 0.717) is 55.7 Å². The molecule has 6 rings (SSSR count). The van der Waals surface area contributed by atoms with Gasteiger partial charge in [0.2, 0.25) is 5.79 Å². The van der Waals surface area contributed by atoms with Crippen molar-refractivity contribution in [1.29, 1.82) is 5.26 Å². The van der Waals surface area contributed by atoms with Gasteiger partial charge >= 0.3 is 0 Å². The summed E-state index contributed by atoms with van der Waals surface area (Å²) < 4.78 is 20.6. The lowest BCUT2D eigenvalue weighted by atomic mass is 9.55. The van der Waals surface area contributed by atoms with Crippen LogP contribution in [0.25, 0.3) is 0 Å². The van der Waals surface area contributed by atoms with Crippen LogP contribution in [0.1, 0.15) is 85.7 Å². The minimum atomic E-state index is -1.32. The molecule has 1 saturated carbocycles. The molecule has 0 radical (unpaired) electrons. The molecule has 11 nitrogen and oxygen atoms in total. The smallest absolute Gasteiger partial charge is 0.254 e. The molecule has 2 aromatic carbocycles. The van der Waals surface area contributed by atoms with Crippen LogP contribution in [0.5, 0.6) is 11.5 Å². The highest BCUT2D eigenvalue weighted by atomic mass is 16.7. The monoisotopic (exact) mass is 740 g/mol. The van der Waals surface area contributed by atoms with Crippen molar-refractivity contribution in [3.63, 3.8) is 0 Å². The molecule has 2 aliphatic heterocycles. The second-order valence-corrected chi connectivity index (χ2v) is 14.8. The van der Waals surface area contributed by atoms with Crippen LogP contribution in [0.15, 0.2) is 71.9 Å². The molecule has 2 fully saturated rings. The van der Waals surface area contributed by atoms with Gasteiger partial charge in [0, 0.05) is 62.9 Å². The number of ether oxygens (including phenoxy) is 3. The molecule has 54 heavy (non-hydrogen) atoms. The predicted molar refractivity (Wildman–Crippen MR) is 206 cm³/mol. The zero-order valence-corrected chi connectivity index (χ0v) is 31.8. The topological polar surface area (TPSA) is 137 Å². The average molecular weight is 741 g/mol. The summed E-state index contributed by atoms with van der Waals surface area (Å²) in [7, 11) is 1.55. The van der Waals surface area contributed by atoms with Crippen LogP contribution in [0.3, 0.4) is 0 Å². The Bertz CT molecular complexity index is 1700. The van der Waals surface area contributed by atoms with Gasteiger partial charge in [0.15, 0.2) is 0 Å². The molecule has 2 aromatic rings. The lowest BCUT2D eigenvalue weighted by Crippen LogP contribution is -2.70. The van der Waals surface area contributed by atoms with Crippen molar-refractivity contribution in [2.75, 3.05) is 59.7 Å². The molecule has 0 aromatic heterocycles. The molecule has 290 valence electrons. The van der Waals surface area contributed by atoms with Crippen LogP contribution in [0, 0.1) is 29.1 Å². The van der Waals surface area contributed by atoms with E-state index in [9.17, 15) is 20.3 Å². The van der Waals surface area contributed by atoms with E-state index in [1.807, 2.05) is 24.0 Å². The number of oxime groups is 1. The number of hydrogen-bond acceptors (Lipinski definition) is 10. The van der Waals surface area contributed by atoms with Gasteiger partial charge in [0.1, 0.15) is 31.3 Å². The number of rotatable bonds is 20. The molecular weight excluding hydrogens is 684 g/mol. The highest BCUT2D eigenvalue weighted by Gasteiger charge is 2.65. The van der Waals surface area contributed by atoms with Crippen LogP contribution < -0.4 is 9.47 Å². The Hall–Kier alpha value is -4.21. The van der Waals surface area contributed by atoms with Crippen LogP contribution >= 0.6 is 0 Å². The van der Waals surface area contributed by atoms with Gasteiger partial charge in [-0.05, 0) is 92.0 Å². The van der Waals surface area contributed by atoms with Crippen molar-refractivity contribution in [2.24, 2.45) is 22.9 Å². The number of amides is 1. The maximum Gasteiger partial charge on any atom is 0.254 e. The Labute approximate surface area is 319 Å². The molecule has 1 amide bonds. The number of fused-ring (bicyclic) bond motifs is 2. The number of benzene rings is 2. The zero-order valence-electron chi connectivity index (χ0n) is 31.8. The maximum atomic E-state index is 14.7. The summed E-state index contributed by atoms with van der Waals surface area (Å²) in [6.07, 6.45) is 9.92. The first kappa shape index (κ1) is 39.5. The van der Waals surface area contributed by atoms with Gasteiger partial charge in [-0.3, -0.25) is 9.69 Å². The van der Waals surface area contributed by atoms with E-state index in [0.717, 1.165) is 67.9 Å². The molecule has 6 atom stereocenters. The van der Waals surface area contributed by atoms with Crippen molar-refractivity contribution < 1.29 is 34.1 Å². The second kappa shape index (κ2) is 18.4. The summed E-state index contributed by atoms with van der Waals surface area (Å²) in [6.45, 7) is 10.6. The first-order valence-electron chi connectivity index (χ1n) is 19.7. The largest absolute Gasteiger partial charge is 0.492 e. The van der Waals surface area contributed by atoms with E-state index < -0.39 is 11.8 Å². The number of hydrogen-bond donors (Lipinski definition) is 2. The fourth-order valence-electron chi connectivity index (χ4n) is 8.93. The van der Waals surface area contributed by atoms with Crippen LogP contribution in [0.4, 0.5) is 0 Å². The first-order chi connectivity index (χ1) is 26.4. The van der Waals surface area contributed by atoms with E-state index in [1.54, 1.807) is 37.5 Å². The van der Waals surface area contributed by atoms with Crippen LogP contribution in [0.2, 0.25) is 0 Å². The van der Waals surface area contributed by atoms with Crippen LogP contribution in [-0.4, -0.2) is 103 Å². The van der Waals surface area contributed by atoms with Crippen molar-refractivity contribution >= 4 is 11.6 Å². The minimum absolute atomic E-state index is 0.119. The summed E-state index contributed by atoms with van der Waals surface area (Å²) in [5.41, 5.74) is 3.73. The quantitative estimate of drug-likeness (QED) is 0.0718. The van der Waals surface area contributed by atoms with E-state index in [2.05, 4.69) is 34.8 Å². The Morgan fingerprint density at radius 2 is 1.89 bits per heavy atom. The van der Waals surface area contributed by atoms with Gasteiger partial charge < -0.3 is 34.2 Å². The normalized spacial score (nSPS) is 26.1. The molecule has 11 heteroatoms. The predicted octanol–water partition coefficient (Wildman–Crippen LogP) is 6.07. The lowest BCUT2D eigenvalue weighted by Gasteiger charge is -2.60. The average Bonchev–Trinajstić information content (AvgIpc) is 4.02. The summed E-state index contributed by atoms with van der Waals surface area (Å²) >= 11 is 0. The summed E-state index contributed by atoms with van der Waals surface area (Å²) in [5.74, 6) is -0.264. The summed E-state index contributed by atoms with van der Waals surface area (Å²) in [6, 6.07) is 14.4. The minimum Gasteiger partial charge on any atom is -0.492 e. The summed E-state index contributed by atoms with van der Waals surface area (Å²) in [4.78, 5) is 24.4. The van der Waals surface area contributed by atoms with Gasteiger partial charge in [-0.15, -0.1) is 6.58 Å². The third-order valence-electron chi connectivity index (χ3n) is 11.4. The lowest BCUT2D eigenvalue weighted by molar-refractivity contribution is -0.254. The number of nitrogens with zero attached hydrogens (tertiary/aromatic N) is 4. The number of carbonyl (C=O) groups is 1. The van der Waals surface area contributed by atoms with E-state index in [4.69, 9.17) is 19.0 Å². The van der Waals surface area contributed by atoms with E-state index in [1.165, 1.54) is 0 Å². The third kappa shape index (κ3) is 8.37. The molecule has 1 saturated heterocycles. The molecular formula is C43H56N4O7. The van der Waals surface area contributed by atoms with Crippen molar-refractivity contribution in [1.82, 2.24) is 9.80 Å². The van der Waals surface area contributed by atoms with Crippen molar-refractivity contribution in [2.45, 2.75) is 76.0 Å². The van der Waals surface area contributed by atoms with E-state index in [-0.39, 0.29) is 49.4 Å². The number of unbranched alkanes of at least 4 members (excludes halogenated alkanes) is 2. The zero-order chi connectivity index (χ0) is 38.1. The molecule has 2 N–H and O–H groups in total. The maximum absolute atomic E-state index is 14.7. The Morgan fingerprint density at radius 3 is 2.56 bits per heavy atom. The van der Waals surface area contributed by atoms with Gasteiger partial charge in [-0.25, -0.2) is 0 Å². The number of allylic oxidation sites excluding steroid dienone is 1. The molecule has 0 unspecified atom stereocenters. The first-order valence-corrected chi connectivity index (χ1v) is 19.7. The SMILES string of the molecule is C=CCO[C@@]12Oc3ccc(OCCN4CC4)cc3[C@H]3[C@H](CCCCO)[C@@H](CCCCO)C=C(C(=NOC)C[C@@H]1N(CCC)C(=O)c1ccc(C#N)cc1)[C@H]32.